The molecule has 1 aliphatic carbocycles. The van der Waals surface area contributed by atoms with Crippen LogP contribution in [-0.4, -0.2) is 55.2 Å². The maximum atomic E-state index is 13.5. The predicted octanol–water partition coefficient (Wildman–Crippen LogP) is 1.83. The first kappa shape index (κ1) is 14.2. The lowest BCUT2D eigenvalue weighted by Gasteiger charge is -2.45. The molecule has 0 aromatic heterocycles. The Morgan fingerprint density at radius 3 is 2.60 bits per heavy atom. The van der Waals surface area contributed by atoms with E-state index in [0.717, 1.165) is 6.42 Å². The molecule has 114 valence electrons. The van der Waals surface area contributed by atoms with Crippen LogP contribution in [0.3, 0.4) is 0 Å². The van der Waals surface area contributed by atoms with Gasteiger partial charge in [-0.05, 0) is 19.3 Å². The van der Waals surface area contributed by atoms with Crippen LogP contribution < -0.4 is 0 Å². The van der Waals surface area contributed by atoms with E-state index in [1.807, 2.05) is 0 Å². The zero-order chi connectivity index (χ0) is 14.2. The number of morpholine rings is 1. The molecule has 0 bridgehead atoms. The van der Waals surface area contributed by atoms with Gasteiger partial charge >= 0.3 is 0 Å². The first-order chi connectivity index (χ1) is 9.53. The summed E-state index contributed by atoms with van der Waals surface area (Å²) in [6, 6.07) is 0. The van der Waals surface area contributed by atoms with E-state index in [1.54, 1.807) is 4.90 Å². The van der Waals surface area contributed by atoms with E-state index in [2.05, 4.69) is 0 Å². The summed E-state index contributed by atoms with van der Waals surface area (Å²) in [4.78, 5) is 14.5. The molecule has 3 aliphatic rings. The monoisotopic (exact) mass is 289 g/mol. The largest absolute Gasteiger partial charge is 0.379 e. The fourth-order valence-corrected chi connectivity index (χ4v) is 3.60. The molecule has 1 amide bonds. The topological polar surface area (TPSA) is 38.8 Å². The third-order valence-corrected chi connectivity index (χ3v) is 4.74. The van der Waals surface area contributed by atoms with Crippen molar-refractivity contribution in [1.29, 1.82) is 0 Å². The summed E-state index contributed by atoms with van der Waals surface area (Å²) in [7, 11) is 0. The van der Waals surface area contributed by atoms with Crippen LogP contribution in [0.4, 0.5) is 8.78 Å². The molecule has 2 saturated heterocycles. The van der Waals surface area contributed by atoms with Crippen molar-refractivity contribution in [2.24, 2.45) is 5.92 Å². The quantitative estimate of drug-likeness (QED) is 0.739. The highest BCUT2D eigenvalue weighted by molar-refractivity contribution is 5.80. The number of rotatable bonds is 1. The zero-order valence-electron chi connectivity index (χ0n) is 11.6. The molecule has 0 aromatic carbocycles. The van der Waals surface area contributed by atoms with Crippen molar-refractivity contribution in [2.45, 2.75) is 43.6 Å². The highest BCUT2D eigenvalue weighted by Crippen LogP contribution is 2.39. The smallest absolute Gasteiger partial charge is 0.248 e. The second-order valence-electron chi connectivity index (χ2n) is 6.22. The maximum absolute atomic E-state index is 13.5. The number of ether oxygens (including phenoxy) is 2. The van der Waals surface area contributed by atoms with Crippen LogP contribution >= 0.6 is 0 Å². The van der Waals surface area contributed by atoms with Crippen molar-refractivity contribution in [3.05, 3.63) is 0 Å². The fraction of sp³-hybridized carbons (Fsp3) is 0.929. The van der Waals surface area contributed by atoms with E-state index in [-0.39, 0.29) is 18.7 Å². The van der Waals surface area contributed by atoms with E-state index < -0.39 is 17.4 Å². The summed E-state index contributed by atoms with van der Waals surface area (Å²) >= 11 is 0. The first-order valence-electron chi connectivity index (χ1n) is 7.37. The zero-order valence-corrected chi connectivity index (χ0v) is 11.6. The van der Waals surface area contributed by atoms with E-state index in [9.17, 15) is 13.6 Å². The van der Waals surface area contributed by atoms with Crippen molar-refractivity contribution < 1.29 is 23.0 Å². The van der Waals surface area contributed by atoms with E-state index in [4.69, 9.17) is 9.47 Å². The molecular weight excluding hydrogens is 268 g/mol. The van der Waals surface area contributed by atoms with Gasteiger partial charge < -0.3 is 14.4 Å². The third-order valence-electron chi connectivity index (χ3n) is 4.74. The number of halogens is 2. The number of carbonyl (C=O) groups is 1. The van der Waals surface area contributed by atoms with Crippen LogP contribution in [0.25, 0.3) is 0 Å². The van der Waals surface area contributed by atoms with Gasteiger partial charge in [0.15, 0.2) is 0 Å². The summed E-state index contributed by atoms with van der Waals surface area (Å²) in [5.41, 5.74) is -0.415. The number of carbonyl (C=O) groups excluding carboxylic acids is 1. The average molecular weight is 289 g/mol. The minimum absolute atomic E-state index is 0.0891. The van der Waals surface area contributed by atoms with Crippen LogP contribution in [-0.2, 0) is 14.3 Å². The van der Waals surface area contributed by atoms with Crippen LogP contribution in [0.1, 0.15) is 32.1 Å². The lowest BCUT2D eigenvalue weighted by Crippen LogP contribution is -2.61. The predicted molar refractivity (Wildman–Crippen MR) is 67.6 cm³/mol. The van der Waals surface area contributed by atoms with Gasteiger partial charge in [-0.2, -0.15) is 0 Å². The van der Waals surface area contributed by atoms with Gasteiger partial charge in [0.1, 0.15) is 0 Å². The van der Waals surface area contributed by atoms with Crippen molar-refractivity contribution in [3.8, 4) is 0 Å². The van der Waals surface area contributed by atoms with E-state index in [0.29, 0.717) is 45.8 Å². The minimum Gasteiger partial charge on any atom is -0.379 e. The highest BCUT2D eigenvalue weighted by Gasteiger charge is 2.49. The minimum atomic E-state index is -2.69. The van der Waals surface area contributed by atoms with Crippen molar-refractivity contribution >= 4 is 5.91 Å². The molecular formula is C14H21F2NO3. The molecule has 1 spiro atoms. The van der Waals surface area contributed by atoms with Gasteiger partial charge in [-0.15, -0.1) is 0 Å². The number of nitrogens with zero attached hydrogens (tertiary/aromatic N) is 1. The lowest BCUT2D eigenvalue weighted by atomic mass is 9.84. The van der Waals surface area contributed by atoms with E-state index in [1.165, 1.54) is 0 Å². The molecule has 2 atom stereocenters. The molecule has 1 saturated carbocycles. The molecule has 2 aliphatic heterocycles. The number of hydrogen-bond acceptors (Lipinski definition) is 3. The lowest BCUT2D eigenvalue weighted by molar-refractivity contribution is -0.160. The summed E-state index contributed by atoms with van der Waals surface area (Å²) in [5, 5.41) is 0. The average Bonchev–Trinajstić information content (AvgIpc) is 2.86. The van der Waals surface area contributed by atoms with Gasteiger partial charge in [0.05, 0.1) is 25.4 Å². The van der Waals surface area contributed by atoms with Gasteiger partial charge in [-0.25, -0.2) is 8.78 Å². The van der Waals surface area contributed by atoms with Crippen molar-refractivity contribution in [1.82, 2.24) is 4.90 Å². The van der Waals surface area contributed by atoms with Gasteiger partial charge in [-0.1, -0.05) is 0 Å². The summed E-state index contributed by atoms with van der Waals surface area (Å²) in [6.45, 7) is 2.50. The molecule has 0 aromatic rings. The Bertz CT molecular complexity index is 383. The Morgan fingerprint density at radius 1 is 1.15 bits per heavy atom. The highest BCUT2D eigenvalue weighted by atomic mass is 19.3. The summed E-state index contributed by atoms with van der Waals surface area (Å²) < 4.78 is 38.0. The van der Waals surface area contributed by atoms with Crippen LogP contribution in [0, 0.1) is 5.92 Å². The Kier molecular flexibility index (Phi) is 3.71. The first-order valence-corrected chi connectivity index (χ1v) is 7.37. The van der Waals surface area contributed by atoms with Crippen molar-refractivity contribution in [2.75, 3.05) is 33.0 Å². The molecule has 3 fully saturated rings. The molecule has 4 nitrogen and oxygen atoms in total. The maximum Gasteiger partial charge on any atom is 0.248 e. The molecule has 3 rings (SSSR count). The van der Waals surface area contributed by atoms with E-state index >= 15 is 0 Å². The number of alkyl halides is 2. The molecule has 0 radical (unpaired) electrons. The molecule has 0 N–H and O–H groups in total. The van der Waals surface area contributed by atoms with Gasteiger partial charge in [-0.3, -0.25) is 4.79 Å². The van der Waals surface area contributed by atoms with Gasteiger partial charge in [0.25, 0.3) is 0 Å². The second kappa shape index (κ2) is 5.22. The van der Waals surface area contributed by atoms with Crippen LogP contribution in [0.2, 0.25) is 0 Å². The van der Waals surface area contributed by atoms with Crippen LogP contribution in [0.15, 0.2) is 0 Å². The normalized spacial score (nSPS) is 37.3. The van der Waals surface area contributed by atoms with Gasteiger partial charge in [0.2, 0.25) is 11.8 Å². The Morgan fingerprint density at radius 2 is 1.90 bits per heavy atom. The summed E-state index contributed by atoms with van der Waals surface area (Å²) in [5.74, 6) is -3.36. The standard InChI is InChI=1S/C14H21F2NO3/c15-14(16)3-1-2-11(8-14)12(18)17-5-7-20-10-13(17)4-6-19-9-13/h11H,1-10H2/t11-,13-/m1/s1. The summed E-state index contributed by atoms with van der Waals surface area (Å²) in [6.07, 6.45) is 1.34. The molecule has 6 heteroatoms. The van der Waals surface area contributed by atoms with Gasteiger partial charge in [0, 0.05) is 31.9 Å². The third kappa shape index (κ3) is 2.55. The van der Waals surface area contributed by atoms with Crippen LogP contribution in [0.5, 0.6) is 0 Å². The number of hydrogen-bond donors (Lipinski definition) is 0. The molecule has 0 unspecified atom stereocenters. The number of amides is 1. The fourth-order valence-electron chi connectivity index (χ4n) is 3.60. The van der Waals surface area contributed by atoms with Crippen molar-refractivity contribution in [3.63, 3.8) is 0 Å². The molecule has 2 heterocycles. The Balaban J connectivity index is 1.74. The Hall–Kier alpha value is -0.750. The SMILES string of the molecule is O=C([C@@H]1CCCC(F)(F)C1)N1CCOC[C@]12CCOC2. The Labute approximate surface area is 117 Å². The molecule has 20 heavy (non-hydrogen) atoms. The second-order valence-corrected chi connectivity index (χ2v) is 6.22.